The fraction of sp³-hybridized carbons (Fsp3) is 0.353. The van der Waals surface area contributed by atoms with E-state index >= 15 is 0 Å². The molecule has 9 nitrogen and oxygen atoms in total. The number of aromatic nitrogens is 3. The van der Waals surface area contributed by atoms with E-state index in [1.165, 1.54) is 4.90 Å². The lowest BCUT2D eigenvalue weighted by Gasteiger charge is -2.31. The van der Waals surface area contributed by atoms with E-state index in [-0.39, 0.29) is 13.1 Å². The number of likely N-dealkylation sites (N-methyl/N-ethyl adjacent to an activating group) is 1. The van der Waals surface area contributed by atoms with Crippen LogP contribution >= 0.6 is 0 Å². The van der Waals surface area contributed by atoms with Crippen LogP contribution in [-0.4, -0.2) is 62.0 Å². The van der Waals surface area contributed by atoms with Crippen LogP contribution < -0.4 is 5.32 Å². The minimum absolute atomic E-state index is 0.193. The standard InChI is InChI=1S/C17H20N6O3/c1-3-22-4-5-23(16(25)15(22)24)17(26)19-8-12-6-13(9-18-7-12)14-10-20-21(2)11-14/h6-7,9-11H,3-5,8H2,1-2H3,(H,19,26). The zero-order valence-corrected chi connectivity index (χ0v) is 14.7. The van der Waals surface area contributed by atoms with Gasteiger partial charge in [0.1, 0.15) is 0 Å². The van der Waals surface area contributed by atoms with Crippen molar-refractivity contribution in [2.75, 3.05) is 19.6 Å². The molecule has 0 aromatic carbocycles. The normalized spacial score (nSPS) is 14.7. The Bertz CT molecular complexity index is 847. The summed E-state index contributed by atoms with van der Waals surface area (Å²) in [7, 11) is 1.83. The quantitative estimate of drug-likeness (QED) is 0.799. The van der Waals surface area contributed by atoms with Gasteiger partial charge in [0.2, 0.25) is 0 Å². The van der Waals surface area contributed by atoms with Gasteiger partial charge in [-0.15, -0.1) is 0 Å². The molecule has 9 heteroatoms. The molecule has 0 radical (unpaired) electrons. The molecule has 1 aliphatic heterocycles. The Labute approximate surface area is 150 Å². The molecule has 3 heterocycles. The molecule has 136 valence electrons. The van der Waals surface area contributed by atoms with E-state index in [1.807, 2.05) is 19.3 Å². The molecule has 1 aliphatic rings. The van der Waals surface area contributed by atoms with Crippen molar-refractivity contribution in [1.29, 1.82) is 0 Å². The van der Waals surface area contributed by atoms with Crippen LogP contribution in [0.15, 0.2) is 30.9 Å². The first-order valence-corrected chi connectivity index (χ1v) is 8.31. The Kier molecular flexibility index (Phi) is 4.97. The highest BCUT2D eigenvalue weighted by Crippen LogP contribution is 2.18. The first-order valence-electron chi connectivity index (χ1n) is 8.31. The topological polar surface area (TPSA) is 100 Å². The zero-order valence-electron chi connectivity index (χ0n) is 14.7. The van der Waals surface area contributed by atoms with Gasteiger partial charge in [0, 0.05) is 62.9 Å². The second-order valence-electron chi connectivity index (χ2n) is 5.98. The van der Waals surface area contributed by atoms with Gasteiger partial charge in [0.05, 0.1) is 6.20 Å². The second-order valence-corrected chi connectivity index (χ2v) is 5.98. The van der Waals surface area contributed by atoms with Gasteiger partial charge >= 0.3 is 17.8 Å². The van der Waals surface area contributed by atoms with Crippen molar-refractivity contribution in [2.24, 2.45) is 7.05 Å². The van der Waals surface area contributed by atoms with Crippen LogP contribution in [-0.2, 0) is 23.2 Å². The van der Waals surface area contributed by atoms with Crippen molar-refractivity contribution in [3.63, 3.8) is 0 Å². The number of aryl methyl sites for hydroxylation is 1. The molecule has 0 saturated carbocycles. The van der Waals surface area contributed by atoms with E-state index < -0.39 is 17.8 Å². The SMILES string of the molecule is CCN1CCN(C(=O)NCc2cncc(-c3cnn(C)c3)c2)C(=O)C1=O. The Balaban J connectivity index is 1.63. The number of imide groups is 1. The van der Waals surface area contributed by atoms with E-state index in [4.69, 9.17) is 0 Å². The molecule has 4 amide bonds. The van der Waals surface area contributed by atoms with E-state index in [0.29, 0.717) is 13.1 Å². The van der Waals surface area contributed by atoms with E-state index in [2.05, 4.69) is 15.4 Å². The molecule has 0 spiro atoms. The minimum atomic E-state index is -0.794. The number of nitrogens with one attached hydrogen (secondary N) is 1. The number of hydrogen-bond donors (Lipinski definition) is 1. The van der Waals surface area contributed by atoms with Gasteiger partial charge in [-0.05, 0) is 18.6 Å². The molecule has 0 bridgehead atoms. The largest absolute Gasteiger partial charge is 0.333 e. The van der Waals surface area contributed by atoms with Crippen LogP contribution in [0, 0.1) is 0 Å². The van der Waals surface area contributed by atoms with Crippen molar-refractivity contribution >= 4 is 17.8 Å². The first-order chi connectivity index (χ1) is 12.5. The van der Waals surface area contributed by atoms with Gasteiger partial charge in [0.25, 0.3) is 0 Å². The van der Waals surface area contributed by atoms with Gasteiger partial charge in [-0.2, -0.15) is 5.10 Å². The third kappa shape index (κ3) is 3.56. The van der Waals surface area contributed by atoms with Crippen LogP contribution in [0.3, 0.4) is 0 Å². The first kappa shape index (κ1) is 17.6. The molecule has 0 unspecified atom stereocenters. The molecule has 2 aromatic rings. The van der Waals surface area contributed by atoms with Crippen LogP contribution in [0.4, 0.5) is 4.79 Å². The molecule has 0 aliphatic carbocycles. The molecular weight excluding hydrogens is 336 g/mol. The number of hydrogen-bond acceptors (Lipinski definition) is 5. The summed E-state index contributed by atoms with van der Waals surface area (Å²) in [5.41, 5.74) is 2.59. The number of carbonyl (C=O) groups excluding carboxylic acids is 3. The fourth-order valence-corrected chi connectivity index (χ4v) is 2.76. The maximum atomic E-state index is 12.3. The highest BCUT2D eigenvalue weighted by Gasteiger charge is 2.35. The average Bonchev–Trinajstić information content (AvgIpc) is 3.08. The summed E-state index contributed by atoms with van der Waals surface area (Å²) in [6.07, 6.45) is 6.96. The summed E-state index contributed by atoms with van der Waals surface area (Å²) < 4.78 is 1.70. The third-order valence-corrected chi connectivity index (χ3v) is 4.21. The summed E-state index contributed by atoms with van der Waals surface area (Å²) in [4.78, 5) is 42.8. The number of carbonyl (C=O) groups is 3. The minimum Gasteiger partial charge on any atom is -0.333 e. The molecule has 1 saturated heterocycles. The summed E-state index contributed by atoms with van der Waals surface area (Å²) in [6.45, 7) is 3.00. The van der Waals surface area contributed by atoms with Crippen LogP contribution in [0.2, 0.25) is 0 Å². The molecule has 1 N–H and O–H groups in total. The molecule has 2 aromatic heterocycles. The van der Waals surface area contributed by atoms with Gasteiger partial charge in [-0.1, -0.05) is 0 Å². The summed E-state index contributed by atoms with van der Waals surface area (Å²) in [5, 5.41) is 6.80. The van der Waals surface area contributed by atoms with Crippen molar-refractivity contribution in [1.82, 2.24) is 29.9 Å². The van der Waals surface area contributed by atoms with Crippen molar-refractivity contribution in [2.45, 2.75) is 13.5 Å². The Morgan fingerprint density at radius 2 is 1.96 bits per heavy atom. The number of rotatable bonds is 4. The van der Waals surface area contributed by atoms with Gasteiger partial charge in [-0.25, -0.2) is 4.79 Å². The third-order valence-electron chi connectivity index (χ3n) is 4.21. The lowest BCUT2D eigenvalue weighted by molar-refractivity contribution is -0.153. The van der Waals surface area contributed by atoms with E-state index in [1.54, 1.807) is 30.2 Å². The zero-order chi connectivity index (χ0) is 18.7. The molecule has 26 heavy (non-hydrogen) atoms. The molecule has 0 atom stereocenters. The van der Waals surface area contributed by atoms with Crippen LogP contribution in [0.25, 0.3) is 11.1 Å². The number of amides is 4. The van der Waals surface area contributed by atoms with Gasteiger partial charge in [0.15, 0.2) is 0 Å². The van der Waals surface area contributed by atoms with Crippen molar-refractivity contribution in [3.8, 4) is 11.1 Å². The molecule has 1 fully saturated rings. The number of nitrogens with zero attached hydrogens (tertiary/aromatic N) is 5. The maximum absolute atomic E-state index is 12.3. The van der Waals surface area contributed by atoms with Gasteiger partial charge in [-0.3, -0.25) is 24.2 Å². The highest BCUT2D eigenvalue weighted by atomic mass is 16.2. The van der Waals surface area contributed by atoms with Crippen LogP contribution in [0.5, 0.6) is 0 Å². The predicted molar refractivity (Wildman–Crippen MR) is 92.6 cm³/mol. The van der Waals surface area contributed by atoms with Crippen LogP contribution in [0.1, 0.15) is 12.5 Å². The Hall–Kier alpha value is -3.23. The lowest BCUT2D eigenvalue weighted by atomic mass is 10.1. The lowest BCUT2D eigenvalue weighted by Crippen LogP contribution is -2.58. The smallest absolute Gasteiger partial charge is 0.324 e. The predicted octanol–water partition coefficient (Wildman–Crippen LogP) is 0.382. The monoisotopic (exact) mass is 356 g/mol. The number of urea groups is 1. The van der Waals surface area contributed by atoms with Gasteiger partial charge < -0.3 is 10.2 Å². The molecular formula is C17H20N6O3. The summed E-state index contributed by atoms with van der Waals surface area (Å²) in [5.74, 6) is -1.44. The van der Waals surface area contributed by atoms with Crippen molar-refractivity contribution < 1.29 is 14.4 Å². The maximum Gasteiger partial charge on any atom is 0.324 e. The Morgan fingerprint density at radius 1 is 1.15 bits per heavy atom. The number of pyridine rings is 1. The summed E-state index contributed by atoms with van der Waals surface area (Å²) >= 11 is 0. The van der Waals surface area contributed by atoms with E-state index in [0.717, 1.165) is 21.6 Å². The summed E-state index contributed by atoms with van der Waals surface area (Å²) in [6, 6.07) is 1.32. The number of piperazine rings is 1. The fourth-order valence-electron chi connectivity index (χ4n) is 2.76. The highest BCUT2D eigenvalue weighted by molar-refractivity contribution is 6.38. The second kappa shape index (κ2) is 7.34. The average molecular weight is 356 g/mol. The Morgan fingerprint density at radius 3 is 2.65 bits per heavy atom. The van der Waals surface area contributed by atoms with E-state index in [9.17, 15) is 14.4 Å². The molecule has 3 rings (SSSR count). The van der Waals surface area contributed by atoms with Crippen molar-refractivity contribution in [3.05, 3.63) is 36.4 Å².